The van der Waals surface area contributed by atoms with Crippen LogP contribution in [0.1, 0.15) is 89.2 Å². The van der Waals surface area contributed by atoms with Crippen molar-refractivity contribution in [2.75, 3.05) is 0 Å². The molecule has 0 atom stereocenters. The number of phenols is 1. The molecule has 0 saturated carbocycles. The zero-order chi connectivity index (χ0) is 15.3. The molecule has 0 spiro atoms. The minimum Gasteiger partial charge on any atom is -0.508 e. The van der Waals surface area contributed by atoms with Crippen LogP contribution in [-0.2, 0) is 12.8 Å². The zero-order valence-corrected chi connectivity index (χ0v) is 14.2. The maximum absolute atomic E-state index is 9.98. The Labute approximate surface area is 131 Å². The van der Waals surface area contributed by atoms with Gasteiger partial charge in [-0.3, -0.25) is 0 Å². The quantitative estimate of drug-likeness (QED) is 0.440. The Morgan fingerprint density at radius 3 is 1.90 bits per heavy atom. The van der Waals surface area contributed by atoms with Gasteiger partial charge in [0, 0.05) is 0 Å². The normalized spacial score (nSPS) is 11.0. The lowest BCUT2D eigenvalue weighted by molar-refractivity contribution is 0.465. The van der Waals surface area contributed by atoms with Crippen LogP contribution in [0.5, 0.6) is 5.75 Å². The third-order valence-electron chi connectivity index (χ3n) is 4.26. The van der Waals surface area contributed by atoms with Crippen LogP contribution in [0, 0.1) is 0 Å². The Kier molecular flexibility index (Phi) is 10.0. The maximum atomic E-state index is 9.98. The van der Waals surface area contributed by atoms with Crippen LogP contribution in [0.15, 0.2) is 18.2 Å². The van der Waals surface area contributed by atoms with Crippen LogP contribution in [-0.4, -0.2) is 5.11 Å². The Morgan fingerprint density at radius 1 is 0.714 bits per heavy atom. The summed E-state index contributed by atoms with van der Waals surface area (Å²) in [5.74, 6) is 0.486. The highest BCUT2D eigenvalue weighted by atomic mass is 16.3. The van der Waals surface area contributed by atoms with Gasteiger partial charge in [0.1, 0.15) is 5.75 Å². The van der Waals surface area contributed by atoms with E-state index in [1.54, 1.807) is 0 Å². The molecule has 0 bridgehead atoms. The topological polar surface area (TPSA) is 20.2 Å². The molecule has 1 heteroatoms. The number of aryl methyl sites for hydroxylation is 2. The van der Waals surface area contributed by atoms with Crippen molar-refractivity contribution in [1.29, 1.82) is 0 Å². The second-order valence-electron chi connectivity index (χ2n) is 6.29. The van der Waals surface area contributed by atoms with Gasteiger partial charge < -0.3 is 5.11 Å². The number of hydrogen-bond acceptors (Lipinski definition) is 1. The van der Waals surface area contributed by atoms with Crippen LogP contribution in [0.3, 0.4) is 0 Å². The minimum atomic E-state index is 0.486. The molecule has 1 nitrogen and oxygen atoms in total. The summed E-state index contributed by atoms with van der Waals surface area (Å²) in [6.07, 6.45) is 15.3. The average Bonchev–Trinajstić information content (AvgIpc) is 2.49. The van der Waals surface area contributed by atoms with E-state index in [9.17, 15) is 5.11 Å². The molecule has 0 aliphatic carbocycles. The van der Waals surface area contributed by atoms with E-state index in [0.29, 0.717) is 5.75 Å². The van der Waals surface area contributed by atoms with Crippen molar-refractivity contribution in [1.82, 2.24) is 0 Å². The van der Waals surface area contributed by atoms with Crippen molar-refractivity contribution in [3.63, 3.8) is 0 Å². The summed E-state index contributed by atoms with van der Waals surface area (Å²) in [5.41, 5.74) is 2.55. The third-order valence-corrected chi connectivity index (χ3v) is 4.26. The Balaban J connectivity index is 2.33. The minimum absolute atomic E-state index is 0.486. The summed E-state index contributed by atoms with van der Waals surface area (Å²) in [6, 6.07) is 6.22. The van der Waals surface area contributed by atoms with Crippen LogP contribution in [0.2, 0.25) is 0 Å². The van der Waals surface area contributed by atoms with Gasteiger partial charge in [0.2, 0.25) is 0 Å². The Hall–Kier alpha value is -0.980. The van der Waals surface area contributed by atoms with E-state index >= 15 is 0 Å². The zero-order valence-electron chi connectivity index (χ0n) is 14.2. The highest BCUT2D eigenvalue weighted by Gasteiger charge is 2.03. The Bertz CT molecular complexity index is 370. The number of phenolic OH excluding ortho intramolecular Hbond substituents is 1. The first kappa shape index (κ1) is 18.1. The molecular formula is C20H34O. The smallest absolute Gasteiger partial charge is 0.118 e. The number of unbranched alkanes of at least 4 members (excludes halogenated alkanes) is 8. The SMILES string of the molecule is CCCCCCCc1ccc(O)c(CCCCCCC)c1. The van der Waals surface area contributed by atoms with Crippen LogP contribution >= 0.6 is 0 Å². The number of aromatic hydroxyl groups is 1. The summed E-state index contributed by atoms with van der Waals surface area (Å²) in [6.45, 7) is 4.50. The lowest BCUT2D eigenvalue weighted by Crippen LogP contribution is -1.92. The molecule has 0 aliphatic heterocycles. The molecule has 0 heterocycles. The second-order valence-corrected chi connectivity index (χ2v) is 6.29. The van der Waals surface area contributed by atoms with Crippen molar-refractivity contribution in [3.8, 4) is 5.75 Å². The van der Waals surface area contributed by atoms with Gasteiger partial charge in [0.05, 0.1) is 0 Å². The highest BCUT2D eigenvalue weighted by Crippen LogP contribution is 2.22. The van der Waals surface area contributed by atoms with Crippen LogP contribution < -0.4 is 0 Å². The van der Waals surface area contributed by atoms with E-state index in [1.807, 2.05) is 6.07 Å². The summed E-state index contributed by atoms with van der Waals surface area (Å²) < 4.78 is 0. The lowest BCUT2D eigenvalue weighted by Gasteiger charge is -2.08. The van der Waals surface area contributed by atoms with E-state index in [0.717, 1.165) is 18.4 Å². The lowest BCUT2D eigenvalue weighted by atomic mass is 9.99. The largest absolute Gasteiger partial charge is 0.508 e. The van der Waals surface area contributed by atoms with Gasteiger partial charge >= 0.3 is 0 Å². The molecule has 21 heavy (non-hydrogen) atoms. The molecule has 120 valence electrons. The molecule has 0 aromatic heterocycles. The van der Waals surface area contributed by atoms with Gasteiger partial charge in [-0.15, -0.1) is 0 Å². The van der Waals surface area contributed by atoms with Crippen LogP contribution in [0.4, 0.5) is 0 Å². The third kappa shape index (κ3) is 8.14. The molecule has 1 aromatic carbocycles. The second kappa shape index (κ2) is 11.7. The maximum Gasteiger partial charge on any atom is 0.118 e. The first-order valence-electron chi connectivity index (χ1n) is 9.08. The van der Waals surface area contributed by atoms with Crippen molar-refractivity contribution < 1.29 is 5.11 Å². The first-order chi connectivity index (χ1) is 10.3. The fraction of sp³-hybridized carbons (Fsp3) is 0.700. The molecule has 0 unspecified atom stereocenters. The van der Waals surface area contributed by atoms with Gasteiger partial charge in [-0.2, -0.15) is 0 Å². The predicted molar refractivity (Wildman–Crippen MR) is 93.0 cm³/mol. The summed E-state index contributed by atoms with van der Waals surface area (Å²) in [5, 5.41) is 9.98. The van der Waals surface area contributed by atoms with Crippen LogP contribution in [0.25, 0.3) is 0 Å². The Morgan fingerprint density at radius 2 is 1.29 bits per heavy atom. The summed E-state index contributed by atoms with van der Waals surface area (Å²) >= 11 is 0. The summed E-state index contributed by atoms with van der Waals surface area (Å²) in [7, 11) is 0. The van der Waals surface area contributed by atoms with Crippen molar-refractivity contribution in [2.45, 2.75) is 90.9 Å². The van der Waals surface area contributed by atoms with E-state index in [2.05, 4.69) is 26.0 Å². The van der Waals surface area contributed by atoms with Gasteiger partial charge in [-0.25, -0.2) is 0 Å². The summed E-state index contributed by atoms with van der Waals surface area (Å²) in [4.78, 5) is 0. The molecule has 1 N–H and O–H groups in total. The molecule has 1 aromatic rings. The van der Waals surface area contributed by atoms with Gasteiger partial charge in [0.15, 0.2) is 0 Å². The molecule has 0 aliphatic rings. The van der Waals surface area contributed by atoms with E-state index < -0.39 is 0 Å². The fourth-order valence-corrected chi connectivity index (χ4v) is 2.85. The first-order valence-corrected chi connectivity index (χ1v) is 9.08. The molecular weight excluding hydrogens is 256 g/mol. The average molecular weight is 290 g/mol. The monoisotopic (exact) mass is 290 g/mol. The predicted octanol–water partition coefficient (Wildman–Crippen LogP) is 6.42. The van der Waals surface area contributed by atoms with Crippen molar-refractivity contribution >= 4 is 0 Å². The van der Waals surface area contributed by atoms with Gasteiger partial charge in [-0.05, 0) is 42.9 Å². The number of benzene rings is 1. The molecule has 1 rings (SSSR count). The molecule has 0 radical (unpaired) electrons. The standard InChI is InChI=1S/C20H34O/c1-3-5-7-9-11-13-18-15-16-20(21)19(17-18)14-12-10-8-6-4-2/h15-17,21H,3-14H2,1-2H3. The van der Waals surface area contributed by atoms with Gasteiger partial charge in [-0.1, -0.05) is 77.3 Å². The molecule has 0 saturated heterocycles. The number of hydrogen-bond donors (Lipinski definition) is 1. The van der Waals surface area contributed by atoms with Crippen molar-refractivity contribution in [3.05, 3.63) is 29.3 Å². The van der Waals surface area contributed by atoms with E-state index in [1.165, 1.54) is 69.8 Å². The fourth-order valence-electron chi connectivity index (χ4n) is 2.85. The number of rotatable bonds is 12. The van der Waals surface area contributed by atoms with Gasteiger partial charge in [0.25, 0.3) is 0 Å². The molecule has 0 fully saturated rings. The van der Waals surface area contributed by atoms with E-state index in [-0.39, 0.29) is 0 Å². The van der Waals surface area contributed by atoms with E-state index in [4.69, 9.17) is 0 Å². The highest BCUT2D eigenvalue weighted by molar-refractivity contribution is 5.36. The van der Waals surface area contributed by atoms with Crippen molar-refractivity contribution in [2.24, 2.45) is 0 Å². The molecule has 0 amide bonds.